The summed E-state index contributed by atoms with van der Waals surface area (Å²) in [5.74, 6) is 0.272. The van der Waals surface area contributed by atoms with Gasteiger partial charge < -0.3 is 5.32 Å². The van der Waals surface area contributed by atoms with Crippen molar-refractivity contribution in [1.82, 2.24) is 9.29 Å². The van der Waals surface area contributed by atoms with Gasteiger partial charge in [0.15, 0.2) is 0 Å². The van der Waals surface area contributed by atoms with Crippen molar-refractivity contribution in [3.8, 4) is 0 Å². The first-order chi connectivity index (χ1) is 8.08. The number of halogens is 1. The highest BCUT2D eigenvalue weighted by Crippen LogP contribution is 2.14. The largest absolute Gasteiger partial charge is 0.384 e. The number of sulfonamides is 1. The summed E-state index contributed by atoms with van der Waals surface area (Å²) in [4.78, 5) is 3.87. The highest BCUT2D eigenvalue weighted by molar-refractivity contribution is 7.89. The monoisotopic (exact) mass is 275 g/mol. The van der Waals surface area contributed by atoms with Crippen molar-refractivity contribution in [1.29, 1.82) is 0 Å². The summed E-state index contributed by atoms with van der Waals surface area (Å²) in [6.07, 6.45) is 2.33. The number of hydrogen-bond acceptors (Lipinski definition) is 4. The topological polar surface area (TPSA) is 62.3 Å². The van der Waals surface area contributed by atoms with Crippen LogP contribution in [0, 0.1) is 0 Å². The molecule has 0 unspecified atom stereocenters. The maximum absolute atomic E-state index is 11.5. The maximum Gasteiger partial charge on any atom is 0.214 e. The van der Waals surface area contributed by atoms with Gasteiger partial charge in [0, 0.05) is 31.5 Å². The molecule has 0 atom stereocenters. The molecule has 1 aliphatic rings. The summed E-state index contributed by atoms with van der Waals surface area (Å²) in [5, 5.41) is 3.54. The molecule has 94 valence electrons. The van der Waals surface area contributed by atoms with Gasteiger partial charge >= 0.3 is 0 Å². The lowest BCUT2D eigenvalue weighted by atomic mass is 10.4. The molecule has 1 aliphatic heterocycles. The van der Waals surface area contributed by atoms with Crippen LogP contribution in [0.5, 0.6) is 0 Å². The van der Waals surface area contributed by atoms with Gasteiger partial charge in [-0.1, -0.05) is 11.6 Å². The molecule has 0 amide bonds. The lowest BCUT2D eigenvalue weighted by Gasteiger charge is -2.14. The molecule has 0 radical (unpaired) electrons. The van der Waals surface area contributed by atoms with E-state index in [2.05, 4.69) is 10.3 Å². The molecule has 2 heterocycles. The molecule has 1 N–H and O–H groups in total. The second kappa shape index (κ2) is 5.20. The van der Waals surface area contributed by atoms with Gasteiger partial charge in [0.05, 0.1) is 5.75 Å². The van der Waals surface area contributed by atoms with E-state index in [1.807, 2.05) is 0 Å². The van der Waals surface area contributed by atoms with E-state index < -0.39 is 10.0 Å². The number of aromatic nitrogens is 1. The molecule has 1 aromatic rings. The summed E-state index contributed by atoms with van der Waals surface area (Å²) in [6, 6.07) is 3.50. The zero-order chi connectivity index (χ0) is 12.3. The zero-order valence-corrected chi connectivity index (χ0v) is 10.8. The molecule has 5 nitrogen and oxygen atoms in total. The third kappa shape index (κ3) is 3.31. The van der Waals surface area contributed by atoms with E-state index in [1.54, 1.807) is 18.3 Å². The molecule has 1 fully saturated rings. The van der Waals surface area contributed by atoms with Crippen molar-refractivity contribution < 1.29 is 8.42 Å². The Hall–Kier alpha value is -0.850. The molecular weight excluding hydrogens is 262 g/mol. The smallest absolute Gasteiger partial charge is 0.214 e. The average molecular weight is 276 g/mol. The van der Waals surface area contributed by atoms with E-state index >= 15 is 0 Å². The van der Waals surface area contributed by atoms with Gasteiger partial charge in [-0.3, -0.25) is 0 Å². The van der Waals surface area contributed by atoms with Crippen LogP contribution in [-0.2, 0) is 10.0 Å². The van der Waals surface area contributed by atoms with Crippen LogP contribution >= 0.6 is 11.6 Å². The predicted octanol–water partition coefficient (Wildman–Crippen LogP) is 1.18. The van der Waals surface area contributed by atoms with Crippen LogP contribution < -0.4 is 5.32 Å². The third-order valence-electron chi connectivity index (χ3n) is 2.62. The number of nitrogens with one attached hydrogen (secondary N) is 1. The van der Waals surface area contributed by atoms with E-state index in [0.29, 0.717) is 24.8 Å². The van der Waals surface area contributed by atoms with E-state index in [4.69, 9.17) is 11.6 Å². The molecule has 7 heteroatoms. The molecule has 1 aromatic heterocycles. The van der Waals surface area contributed by atoms with Gasteiger partial charge in [0.25, 0.3) is 0 Å². The quantitative estimate of drug-likeness (QED) is 0.839. The normalized spacial score (nSPS) is 19.4. The molecule has 0 bridgehead atoms. The molecule has 0 saturated carbocycles. The van der Waals surface area contributed by atoms with Gasteiger partial charge in [-0.2, -0.15) is 0 Å². The molecular formula is C10H14ClN3O2S. The van der Waals surface area contributed by atoms with Crippen LogP contribution in [0.1, 0.15) is 6.42 Å². The van der Waals surface area contributed by atoms with Crippen LogP contribution in [0.25, 0.3) is 0 Å². The Morgan fingerprint density at radius 3 is 3.00 bits per heavy atom. The van der Waals surface area contributed by atoms with Gasteiger partial charge in [0.1, 0.15) is 5.15 Å². The van der Waals surface area contributed by atoms with Crippen molar-refractivity contribution in [3.05, 3.63) is 23.5 Å². The Morgan fingerprint density at radius 2 is 2.35 bits per heavy atom. The summed E-state index contributed by atoms with van der Waals surface area (Å²) in [7, 11) is -2.99. The molecule has 0 spiro atoms. The Balaban J connectivity index is 1.84. The van der Waals surface area contributed by atoms with Crippen LogP contribution in [0.3, 0.4) is 0 Å². The maximum atomic E-state index is 11.5. The lowest BCUT2D eigenvalue weighted by molar-refractivity contribution is 0.456. The van der Waals surface area contributed by atoms with Crippen LogP contribution in [0.4, 0.5) is 5.69 Å². The fourth-order valence-corrected chi connectivity index (χ4v) is 3.48. The number of nitrogens with zero attached hydrogens (tertiary/aromatic N) is 2. The van der Waals surface area contributed by atoms with Crippen LogP contribution in [0.2, 0.25) is 5.15 Å². The number of hydrogen-bond donors (Lipinski definition) is 1. The summed E-state index contributed by atoms with van der Waals surface area (Å²) in [5.41, 5.74) is 0.849. The average Bonchev–Trinajstić information content (AvgIpc) is 2.58. The van der Waals surface area contributed by atoms with Crippen LogP contribution in [-0.4, -0.2) is 43.1 Å². The van der Waals surface area contributed by atoms with Gasteiger partial charge in [-0.15, -0.1) is 0 Å². The fraction of sp³-hybridized carbons (Fsp3) is 0.500. The van der Waals surface area contributed by atoms with Crippen molar-refractivity contribution in [2.24, 2.45) is 0 Å². The van der Waals surface area contributed by atoms with E-state index in [-0.39, 0.29) is 5.75 Å². The predicted molar refractivity (Wildman–Crippen MR) is 67.7 cm³/mol. The van der Waals surface area contributed by atoms with Gasteiger partial charge in [-0.25, -0.2) is 17.7 Å². The summed E-state index contributed by atoms with van der Waals surface area (Å²) >= 11 is 5.74. The Kier molecular flexibility index (Phi) is 3.86. The van der Waals surface area contributed by atoms with E-state index in [0.717, 1.165) is 12.1 Å². The molecule has 2 rings (SSSR count). The SMILES string of the molecule is O=S1(=O)CCCN1CCNc1ccnc(Cl)c1. The fourth-order valence-electron chi connectivity index (χ4n) is 1.78. The second-order valence-electron chi connectivity index (χ2n) is 3.86. The number of pyridine rings is 1. The minimum absolute atomic E-state index is 0.272. The third-order valence-corrected chi connectivity index (χ3v) is 4.78. The second-order valence-corrected chi connectivity index (χ2v) is 6.34. The van der Waals surface area contributed by atoms with E-state index in [9.17, 15) is 8.42 Å². The highest BCUT2D eigenvalue weighted by Gasteiger charge is 2.27. The molecule has 1 saturated heterocycles. The van der Waals surface area contributed by atoms with Crippen LogP contribution in [0.15, 0.2) is 18.3 Å². The first-order valence-electron chi connectivity index (χ1n) is 5.41. The standard InChI is InChI=1S/C10H14ClN3O2S/c11-10-8-9(2-3-13-10)12-4-6-14-5-1-7-17(14,15)16/h2-3,8H,1,4-7H2,(H,12,13). The number of rotatable bonds is 4. The van der Waals surface area contributed by atoms with Gasteiger partial charge in [-0.05, 0) is 18.6 Å². The Morgan fingerprint density at radius 1 is 1.53 bits per heavy atom. The Bertz CT molecular complexity index is 492. The molecule has 0 aromatic carbocycles. The molecule has 17 heavy (non-hydrogen) atoms. The summed E-state index contributed by atoms with van der Waals surface area (Å²) < 4.78 is 24.6. The summed E-state index contributed by atoms with van der Waals surface area (Å²) in [6.45, 7) is 1.68. The minimum atomic E-state index is -2.99. The van der Waals surface area contributed by atoms with Crippen molar-refractivity contribution >= 4 is 27.3 Å². The zero-order valence-electron chi connectivity index (χ0n) is 9.26. The van der Waals surface area contributed by atoms with Crippen molar-refractivity contribution in [2.45, 2.75) is 6.42 Å². The van der Waals surface area contributed by atoms with Crippen molar-refractivity contribution in [3.63, 3.8) is 0 Å². The molecule has 0 aliphatic carbocycles. The first kappa shape index (κ1) is 12.6. The minimum Gasteiger partial charge on any atom is -0.384 e. The first-order valence-corrected chi connectivity index (χ1v) is 7.40. The van der Waals surface area contributed by atoms with Gasteiger partial charge in [0.2, 0.25) is 10.0 Å². The highest BCUT2D eigenvalue weighted by atomic mass is 35.5. The van der Waals surface area contributed by atoms with E-state index in [1.165, 1.54) is 4.31 Å². The Labute approximate surface area is 106 Å². The van der Waals surface area contributed by atoms with Crippen molar-refractivity contribution in [2.75, 3.05) is 30.7 Å². The number of anilines is 1. The lowest BCUT2D eigenvalue weighted by Crippen LogP contribution is -2.30.